The number of benzene rings is 1. The first-order valence-corrected chi connectivity index (χ1v) is 4.45. The van der Waals surface area contributed by atoms with Crippen LogP contribution in [0.15, 0.2) is 30.3 Å². The van der Waals surface area contributed by atoms with Gasteiger partial charge in [-0.3, -0.25) is 4.79 Å². The highest BCUT2D eigenvalue weighted by Crippen LogP contribution is 2.25. The highest BCUT2D eigenvalue weighted by molar-refractivity contribution is 5.82. The molecule has 4 nitrogen and oxygen atoms in total. The summed E-state index contributed by atoms with van der Waals surface area (Å²) in [5.74, 6) is -1.81. The van der Waals surface area contributed by atoms with E-state index in [-0.39, 0.29) is 0 Å². The lowest BCUT2D eigenvalue weighted by atomic mass is 9.96. The predicted molar refractivity (Wildman–Crippen MR) is 53.2 cm³/mol. The van der Waals surface area contributed by atoms with Gasteiger partial charge in [0.05, 0.1) is 0 Å². The van der Waals surface area contributed by atoms with E-state index in [0.29, 0.717) is 5.56 Å². The van der Waals surface area contributed by atoms with Crippen LogP contribution >= 0.6 is 0 Å². The van der Waals surface area contributed by atoms with Gasteiger partial charge in [0.25, 0.3) is 0 Å². The maximum atomic E-state index is 11.1. The van der Waals surface area contributed by atoms with E-state index < -0.39 is 17.5 Å². The second-order valence-electron chi connectivity index (χ2n) is 3.30. The molecule has 0 aliphatic heterocycles. The SMILES string of the molecule is CC(=O)OC(C)(C(=O)O)c1ccccc1. The summed E-state index contributed by atoms with van der Waals surface area (Å²) in [6.45, 7) is 2.54. The second-order valence-corrected chi connectivity index (χ2v) is 3.30. The fraction of sp³-hybridized carbons (Fsp3) is 0.273. The zero-order valence-corrected chi connectivity index (χ0v) is 8.56. The van der Waals surface area contributed by atoms with E-state index >= 15 is 0 Å². The molecule has 0 spiro atoms. The summed E-state index contributed by atoms with van der Waals surface area (Å²) in [5.41, 5.74) is -1.18. The number of carbonyl (C=O) groups is 2. The highest BCUT2D eigenvalue weighted by atomic mass is 16.6. The molecule has 0 radical (unpaired) electrons. The Morgan fingerprint density at radius 1 is 1.27 bits per heavy atom. The first kappa shape index (κ1) is 11.2. The van der Waals surface area contributed by atoms with Crippen LogP contribution in [0.4, 0.5) is 0 Å². The van der Waals surface area contributed by atoms with Gasteiger partial charge in [-0.2, -0.15) is 0 Å². The van der Waals surface area contributed by atoms with E-state index in [2.05, 4.69) is 0 Å². The third-order valence-corrected chi connectivity index (χ3v) is 2.08. The standard InChI is InChI=1S/C11H12O4/c1-8(12)15-11(2,10(13)14)9-6-4-3-5-7-9/h3-7H,1-2H3,(H,13,14). The number of rotatable bonds is 3. The predicted octanol–water partition coefficient (Wildman–Crippen LogP) is 1.55. The summed E-state index contributed by atoms with van der Waals surface area (Å²) in [7, 11) is 0. The number of hydrogen-bond donors (Lipinski definition) is 1. The fourth-order valence-corrected chi connectivity index (χ4v) is 1.27. The topological polar surface area (TPSA) is 63.6 Å². The molecule has 1 aromatic carbocycles. The van der Waals surface area contributed by atoms with E-state index in [9.17, 15) is 9.59 Å². The lowest BCUT2D eigenvalue weighted by Gasteiger charge is -2.24. The average Bonchev–Trinajstić information content (AvgIpc) is 2.17. The lowest BCUT2D eigenvalue weighted by Crippen LogP contribution is -2.37. The molecule has 4 heteroatoms. The molecule has 0 saturated heterocycles. The van der Waals surface area contributed by atoms with E-state index in [0.717, 1.165) is 0 Å². The van der Waals surface area contributed by atoms with Gasteiger partial charge in [0.1, 0.15) is 0 Å². The molecule has 0 aliphatic rings. The van der Waals surface area contributed by atoms with Gasteiger partial charge in [0.2, 0.25) is 5.60 Å². The average molecular weight is 208 g/mol. The van der Waals surface area contributed by atoms with Crippen molar-refractivity contribution >= 4 is 11.9 Å². The number of aliphatic carboxylic acids is 1. The van der Waals surface area contributed by atoms with E-state index in [1.165, 1.54) is 13.8 Å². The summed E-state index contributed by atoms with van der Waals surface area (Å²) in [6.07, 6.45) is 0. The van der Waals surface area contributed by atoms with Crippen molar-refractivity contribution in [2.45, 2.75) is 19.4 Å². The minimum Gasteiger partial charge on any atom is -0.478 e. The first-order valence-electron chi connectivity index (χ1n) is 4.45. The van der Waals surface area contributed by atoms with Crippen molar-refractivity contribution in [2.24, 2.45) is 0 Å². The van der Waals surface area contributed by atoms with Crippen molar-refractivity contribution in [3.8, 4) is 0 Å². The van der Waals surface area contributed by atoms with Crippen LogP contribution in [0.5, 0.6) is 0 Å². The zero-order chi connectivity index (χ0) is 11.5. The Bertz CT molecular complexity index is 371. The quantitative estimate of drug-likeness (QED) is 0.765. The monoisotopic (exact) mass is 208 g/mol. The Morgan fingerprint density at radius 2 is 1.80 bits per heavy atom. The van der Waals surface area contributed by atoms with Gasteiger partial charge in [-0.25, -0.2) is 4.79 Å². The largest absolute Gasteiger partial charge is 0.478 e. The molecular formula is C11H12O4. The van der Waals surface area contributed by atoms with Crippen molar-refractivity contribution < 1.29 is 19.4 Å². The van der Waals surface area contributed by atoms with Crippen LogP contribution in [0.3, 0.4) is 0 Å². The van der Waals surface area contributed by atoms with Crippen molar-refractivity contribution in [3.63, 3.8) is 0 Å². The number of carboxylic acids is 1. The molecule has 0 amide bonds. The molecular weight excluding hydrogens is 196 g/mol. The number of carboxylic acid groups (broad SMARTS) is 1. The van der Waals surface area contributed by atoms with Crippen LogP contribution in [0.2, 0.25) is 0 Å². The molecule has 0 aliphatic carbocycles. The third-order valence-electron chi connectivity index (χ3n) is 2.08. The van der Waals surface area contributed by atoms with Crippen molar-refractivity contribution in [2.75, 3.05) is 0 Å². The molecule has 0 saturated carbocycles. The van der Waals surface area contributed by atoms with E-state index in [4.69, 9.17) is 9.84 Å². The molecule has 80 valence electrons. The number of hydrogen-bond acceptors (Lipinski definition) is 3. The summed E-state index contributed by atoms with van der Waals surface area (Å²) >= 11 is 0. The van der Waals surface area contributed by atoms with Crippen LogP contribution < -0.4 is 0 Å². The summed E-state index contributed by atoms with van der Waals surface area (Å²) in [4.78, 5) is 21.9. The van der Waals surface area contributed by atoms with Gasteiger partial charge in [0.15, 0.2) is 0 Å². The molecule has 1 rings (SSSR count). The Balaban J connectivity index is 3.13. The number of esters is 1. The van der Waals surface area contributed by atoms with Gasteiger partial charge in [-0.15, -0.1) is 0 Å². The van der Waals surface area contributed by atoms with Gasteiger partial charge in [-0.05, 0) is 6.92 Å². The Morgan fingerprint density at radius 3 is 2.20 bits per heavy atom. The van der Waals surface area contributed by atoms with Gasteiger partial charge < -0.3 is 9.84 Å². The molecule has 0 fully saturated rings. The summed E-state index contributed by atoms with van der Waals surface area (Å²) < 4.78 is 4.85. The van der Waals surface area contributed by atoms with Crippen LogP contribution in [-0.4, -0.2) is 17.0 Å². The van der Waals surface area contributed by atoms with Gasteiger partial charge in [-0.1, -0.05) is 30.3 Å². The molecule has 1 unspecified atom stereocenters. The maximum Gasteiger partial charge on any atom is 0.352 e. The summed E-state index contributed by atoms with van der Waals surface area (Å²) in [6, 6.07) is 8.37. The van der Waals surface area contributed by atoms with Crippen LogP contribution in [0, 0.1) is 0 Å². The molecule has 0 heterocycles. The van der Waals surface area contributed by atoms with Gasteiger partial charge in [0, 0.05) is 12.5 Å². The highest BCUT2D eigenvalue weighted by Gasteiger charge is 2.38. The molecule has 1 aromatic rings. The Kier molecular flexibility index (Phi) is 3.09. The van der Waals surface area contributed by atoms with Crippen molar-refractivity contribution in [1.82, 2.24) is 0 Å². The molecule has 15 heavy (non-hydrogen) atoms. The van der Waals surface area contributed by atoms with E-state index in [1.807, 2.05) is 0 Å². The lowest BCUT2D eigenvalue weighted by molar-refractivity contribution is -0.176. The molecule has 1 atom stereocenters. The third kappa shape index (κ3) is 2.34. The van der Waals surface area contributed by atoms with Crippen LogP contribution in [0.25, 0.3) is 0 Å². The second kappa shape index (κ2) is 4.13. The summed E-state index contributed by atoms with van der Waals surface area (Å²) in [5, 5.41) is 9.06. The fourth-order valence-electron chi connectivity index (χ4n) is 1.27. The van der Waals surface area contributed by atoms with Crippen molar-refractivity contribution in [3.05, 3.63) is 35.9 Å². The smallest absolute Gasteiger partial charge is 0.352 e. The zero-order valence-electron chi connectivity index (χ0n) is 8.56. The Hall–Kier alpha value is -1.84. The normalized spacial score (nSPS) is 14.0. The molecule has 0 bridgehead atoms. The number of ether oxygens (including phenoxy) is 1. The maximum absolute atomic E-state index is 11.1. The minimum absolute atomic E-state index is 0.438. The Labute approximate surface area is 87.5 Å². The molecule has 1 N–H and O–H groups in total. The van der Waals surface area contributed by atoms with Gasteiger partial charge >= 0.3 is 11.9 Å². The first-order chi connectivity index (χ1) is 6.97. The van der Waals surface area contributed by atoms with Crippen LogP contribution in [-0.2, 0) is 19.9 Å². The minimum atomic E-state index is -1.62. The van der Waals surface area contributed by atoms with Crippen molar-refractivity contribution in [1.29, 1.82) is 0 Å². The molecule has 0 aromatic heterocycles. The van der Waals surface area contributed by atoms with Crippen LogP contribution in [0.1, 0.15) is 19.4 Å². The van der Waals surface area contributed by atoms with E-state index in [1.54, 1.807) is 30.3 Å². The number of carbonyl (C=O) groups excluding carboxylic acids is 1.